The van der Waals surface area contributed by atoms with Crippen molar-refractivity contribution in [3.05, 3.63) is 29.8 Å². The van der Waals surface area contributed by atoms with Gasteiger partial charge in [0.15, 0.2) is 0 Å². The molecule has 0 radical (unpaired) electrons. The fourth-order valence-electron chi connectivity index (χ4n) is 1.18. The first-order valence-corrected chi connectivity index (χ1v) is 6.97. The molecular formula is C12H15N3O3S. The number of hydrogen-bond acceptors (Lipinski definition) is 4. The van der Waals surface area contributed by atoms with Crippen molar-refractivity contribution >= 4 is 15.9 Å². The fraction of sp³-hybridized carbons (Fsp3) is 0.333. The van der Waals surface area contributed by atoms with Crippen molar-refractivity contribution in [2.45, 2.75) is 18.7 Å². The highest BCUT2D eigenvalue weighted by atomic mass is 32.2. The van der Waals surface area contributed by atoms with E-state index in [0.29, 0.717) is 0 Å². The Kier molecular flexibility index (Phi) is 4.29. The molecule has 3 N–H and O–H groups in total. The van der Waals surface area contributed by atoms with E-state index < -0.39 is 21.3 Å². The molecule has 0 aliphatic rings. The number of benzene rings is 1. The number of nitrogens with one attached hydrogen (secondary N) is 1. The molecule has 0 aromatic heterocycles. The van der Waals surface area contributed by atoms with Crippen LogP contribution in [-0.4, -0.2) is 20.9 Å². The molecule has 0 aliphatic heterocycles. The van der Waals surface area contributed by atoms with Crippen LogP contribution in [0.2, 0.25) is 0 Å². The first kappa shape index (κ1) is 15.1. The van der Waals surface area contributed by atoms with E-state index in [1.165, 1.54) is 24.3 Å². The maximum Gasteiger partial charge on any atom is 0.240 e. The Morgan fingerprint density at radius 1 is 1.47 bits per heavy atom. The molecule has 0 saturated heterocycles. The van der Waals surface area contributed by atoms with E-state index in [-0.39, 0.29) is 17.0 Å². The van der Waals surface area contributed by atoms with Gasteiger partial charge in [0, 0.05) is 6.54 Å². The lowest BCUT2D eigenvalue weighted by Gasteiger charge is -2.20. The summed E-state index contributed by atoms with van der Waals surface area (Å²) < 4.78 is 26.3. The molecule has 0 unspecified atom stereocenters. The second-order valence-corrected chi connectivity index (χ2v) is 6.48. The summed E-state index contributed by atoms with van der Waals surface area (Å²) in [5, 5.41) is 8.73. The van der Waals surface area contributed by atoms with Gasteiger partial charge >= 0.3 is 0 Å². The predicted octanol–water partition coefficient (Wildman–Crippen LogP) is 0.348. The van der Waals surface area contributed by atoms with Crippen molar-refractivity contribution in [3.8, 4) is 6.07 Å². The largest absolute Gasteiger partial charge is 0.369 e. The highest BCUT2D eigenvalue weighted by Crippen LogP contribution is 2.15. The molecule has 7 heteroatoms. The maximum atomic E-state index is 12.0. The van der Waals surface area contributed by atoms with Crippen LogP contribution in [0, 0.1) is 16.7 Å². The molecule has 19 heavy (non-hydrogen) atoms. The predicted molar refractivity (Wildman–Crippen MR) is 69.3 cm³/mol. The quantitative estimate of drug-likeness (QED) is 0.810. The molecule has 0 fully saturated rings. The maximum absolute atomic E-state index is 12.0. The van der Waals surface area contributed by atoms with Gasteiger partial charge in [-0.15, -0.1) is 0 Å². The average Bonchev–Trinajstić information content (AvgIpc) is 2.36. The van der Waals surface area contributed by atoms with Gasteiger partial charge in [0.05, 0.1) is 21.9 Å². The summed E-state index contributed by atoms with van der Waals surface area (Å²) in [5.41, 5.74) is 4.43. The third-order valence-electron chi connectivity index (χ3n) is 2.64. The van der Waals surface area contributed by atoms with Crippen LogP contribution in [-0.2, 0) is 14.8 Å². The van der Waals surface area contributed by atoms with Crippen molar-refractivity contribution in [2.75, 3.05) is 6.54 Å². The number of hydrogen-bond donors (Lipinski definition) is 2. The number of carbonyl (C=O) groups excluding carboxylic acids is 1. The Balaban J connectivity index is 2.94. The zero-order chi connectivity index (χ0) is 14.7. The Labute approximate surface area is 112 Å². The van der Waals surface area contributed by atoms with Crippen LogP contribution in [0.1, 0.15) is 19.4 Å². The van der Waals surface area contributed by atoms with Crippen molar-refractivity contribution in [1.29, 1.82) is 5.26 Å². The van der Waals surface area contributed by atoms with Crippen LogP contribution in [0.25, 0.3) is 0 Å². The fourth-order valence-corrected chi connectivity index (χ4v) is 2.44. The SMILES string of the molecule is CC(C)(CNS(=O)(=O)c1cccc(C#N)c1)C(N)=O. The second kappa shape index (κ2) is 5.38. The van der Waals surface area contributed by atoms with Crippen LogP contribution in [0.4, 0.5) is 0 Å². The van der Waals surface area contributed by atoms with Gasteiger partial charge in [-0.05, 0) is 32.0 Å². The first-order valence-electron chi connectivity index (χ1n) is 5.49. The summed E-state index contributed by atoms with van der Waals surface area (Å²) in [4.78, 5) is 11.1. The number of sulfonamides is 1. The number of primary amides is 1. The molecule has 0 aliphatic carbocycles. The van der Waals surface area contributed by atoms with Crippen LogP contribution in [0.15, 0.2) is 29.2 Å². The number of nitrogens with two attached hydrogens (primary N) is 1. The Morgan fingerprint density at radius 2 is 2.11 bits per heavy atom. The van der Waals surface area contributed by atoms with Crippen LogP contribution < -0.4 is 10.5 Å². The van der Waals surface area contributed by atoms with Crippen molar-refractivity contribution < 1.29 is 13.2 Å². The molecular weight excluding hydrogens is 266 g/mol. The van der Waals surface area contributed by atoms with E-state index in [1.54, 1.807) is 13.8 Å². The Morgan fingerprint density at radius 3 is 2.63 bits per heavy atom. The van der Waals surface area contributed by atoms with Crippen LogP contribution in [0.5, 0.6) is 0 Å². The summed E-state index contributed by atoms with van der Waals surface area (Å²) >= 11 is 0. The molecule has 1 amide bonds. The summed E-state index contributed by atoms with van der Waals surface area (Å²) in [6.07, 6.45) is 0. The summed E-state index contributed by atoms with van der Waals surface area (Å²) in [6, 6.07) is 7.49. The minimum atomic E-state index is -3.77. The Hall–Kier alpha value is -1.91. The molecule has 0 atom stereocenters. The summed E-state index contributed by atoms with van der Waals surface area (Å²) in [7, 11) is -3.77. The normalized spacial score (nSPS) is 11.8. The third-order valence-corrected chi connectivity index (χ3v) is 4.04. The van der Waals surface area contributed by atoms with E-state index in [9.17, 15) is 13.2 Å². The summed E-state index contributed by atoms with van der Waals surface area (Å²) in [6.45, 7) is 2.98. The lowest BCUT2D eigenvalue weighted by Crippen LogP contribution is -2.42. The van der Waals surface area contributed by atoms with Gasteiger partial charge in [-0.1, -0.05) is 6.07 Å². The van der Waals surface area contributed by atoms with Crippen molar-refractivity contribution in [1.82, 2.24) is 4.72 Å². The molecule has 0 heterocycles. The molecule has 1 aromatic rings. The number of nitrogens with zero attached hydrogens (tertiary/aromatic N) is 1. The van der Waals surface area contributed by atoms with Crippen LogP contribution in [0.3, 0.4) is 0 Å². The minimum Gasteiger partial charge on any atom is -0.369 e. The van der Waals surface area contributed by atoms with Gasteiger partial charge in [0.25, 0.3) is 0 Å². The standard InChI is InChI=1S/C12H15N3O3S/c1-12(2,11(14)16)8-15-19(17,18)10-5-3-4-9(6-10)7-13/h3-6,15H,8H2,1-2H3,(H2,14,16). The number of rotatable bonds is 5. The van der Waals surface area contributed by atoms with Crippen LogP contribution >= 0.6 is 0 Å². The Bertz CT molecular complexity index is 630. The van der Waals surface area contributed by atoms with Crippen molar-refractivity contribution in [3.63, 3.8) is 0 Å². The average molecular weight is 281 g/mol. The molecule has 0 bridgehead atoms. The molecule has 1 aromatic carbocycles. The van der Waals surface area contributed by atoms with Gasteiger partial charge in [0.1, 0.15) is 0 Å². The number of nitriles is 1. The van der Waals surface area contributed by atoms with E-state index >= 15 is 0 Å². The molecule has 0 spiro atoms. The second-order valence-electron chi connectivity index (χ2n) is 4.71. The molecule has 6 nitrogen and oxygen atoms in total. The zero-order valence-corrected chi connectivity index (χ0v) is 11.5. The zero-order valence-electron chi connectivity index (χ0n) is 10.7. The lowest BCUT2D eigenvalue weighted by molar-refractivity contribution is -0.125. The van der Waals surface area contributed by atoms with E-state index in [1.807, 2.05) is 6.07 Å². The smallest absolute Gasteiger partial charge is 0.240 e. The molecule has 102 valence electrons. The number of carbonyl (C=O) groups is 1. The number of amides is 1. The monoisotopic (exact) mass is 281 g/mol. The van der Waals surface area contributed by atoms with E-state index in [4.69, 9.17) is 11.0 Å². The van der Waals surface area contributed by atoms with Gasteiger partial charge in [-0.3, -0.25) is 4.79 Å². The molecule has 1 rings (SSSR count). The van der Waals surface area contributed by atoms with Gasteiger partial charge in [-0.2, -0.15) is 5.26 Å². The van der Waals surface area contributed by atoms with Gasteiger partial charge < -0.3 is 5.73 Å². The first-order chi connectivity index (χ1) is 8.69. The van der Waals surface area contributed by atoms with Crippen molar-refractivity contribution in [2.24, 2.45) is 11.1 Å². The highest BCUT2D eigenvalue weighted by Gasteiger charge is 2.27. The van der Waals surface area contributed by atoms with E-state index in [2.05, 4.69) is 4.72 Å². The third kappa shape index (κ3) is 3.77. The lowest BCUT2D eigenvalue weighted by atomic mass is 9.93. The topological polar surface area (TPSA) is 113 Å². The van der Waals surface area contributed by atoms with Gasteiger partial charge in [-0.25, -0.2) is 13.1 Å². The summed E-state index contributed by atoms with van der Waals surface area (Å²) in [5.74, 6) is -0.596. The van der Waals surface area contributed by atoms with E-state index in [0.717, 1.165) is 0 Å². The molecule has 0 saturated carbocycles. The highest BCUT2D eigenvalue weighted by molar-refractivity contribution is 7.89. The van der Waals surface area contributed by atoms with Gasteiger partial charge in [0.2, 0.25) is 15.9 Å². The minimum absolute atomic E-state index is 0.0215.